The maximum absolute atomic E-state index is 13.9. The Hall–Kier alpha value is -1.80. The number of para-hydroxylation sites is 1. The second-order valence-electron chi connectivity index (χ2n) is 5.72. The molecule has 0 aliphatic rings. The molecule has 26 heavy (non-hydrogen) atoms. The standard InChI is InChI=1S/C18H18FN3OS2.ClH/c1-21(2)10-11-22(16(23)9-8-13-5-4-12-24-13)18-20-17-14(19)6-3-7-15(17)25-18;/h3-9,12H,10-11H2,1-2H3;1H. The summed E-state index contributed by atoms with van der Waals surface area (Å²) in [6, 6.07) is 8.74. The van der Waals surface area contributed by atoms with Crippen molar-refractivity contribution in [3.63, 3.8) is 0 Å². The van der Waals surface area contributed by atoms with Crippen LogP contribution in [0.15, 0.2) is 41.8 Å². The van der Waals surface area contributed by atoms with Gasteiger partial charge in [-0.2, -0.15) is 0 Å². The highest BCUT2D eigenvalue weighted by Gasteiger charge is 2.19. The molecule has 2 heterocycles. The van der Waals surface area contributed by atoms with Gasteiger partial charge >= 0.3 is 0 Å². The van der Waals surface area contributed by atoms with Gasteiger partial charge in [0.05, 0.1) is 4.70 Å². The van der Waals surface area contributed by atoms with Gasteiger partial charge in [0.1, 0.15) is 11.3 Å². The molecule has 0 spiro atoms. The Morgan fingerprint density at radius 1 is 1.23 bits per heavy atom. The molecule has 138 valence electrons. The fourth-order valence-corrected chi connectivity index (χ4v) is 3.88. The number of hydrogen-bond donors (Lipinski definition) is 0. The van der Waals surface area contributed by atoms with E-state index in [-0.39, 0.29) is 24.1 Å². The first-order valence-electron chi connectivity index (χ1n) is 7.77. The van der Waals surface area contributed by atoms with E-state index in [2.05, 4.69) is 4.98 Å². The Morgan fingerprint density at radius 3 is 2.69 bits per heavy atom. The average molecular weight is 412 g/mol. The van der Waals surface area contributed by atoms with Crippen molar-refractivity contribution in [1.29, 1.82) is 0 Å². The van der Waals surface area contributed by atoms with E-state index in [1.807, 2.05) is 42.6 Å². The Labute approximate surface area is 166 Å². The zero-order chi connectivity index (χ0) is 17.8. The lowest BCUT2D eigenvalue weighted by Gasteiger charge is -2.20. The SMILES string of the molecule is CN(C)CCN(C(=O)C=Cc1cccs1)c1nc2c(F)cccc2s1.Cl. The third kappa shape index (κ3) is 4.88. The van der Waals surface area contributed by atoms with Crippen molar-refractivity contribution in [2.75, 3.05) is 32.1 Å². The van der Waals surface area contributed by atoms with Crippen molar-refractivity contribution in [3.8, 4) is 0 Å². The maximum atomic E-state index is 13.9. The Morgan fingerprint density at radius 2 is 2.04 bits per heavy atom. The molecular formula is C18H19ClFN3OS2. The largest absolute Gasteiger partial charge is 0.308 e. The number of thiophene rings is 1. The first-order valence-corrected chi connectivity index (χ1v) is 9.47. The van der Waals surface area contributed by atoms with Gasteiger partial charge < -0.3 is 4.90 Å². The molecule has 0 aliphatic heterocycles. The summed E-state index contributed by atoms with van der Waals surface area (Å²) in [6.07, 6.45) is 3.34. The number of nitrogens with zero attached hydrogens (tertiary/aromatic N) is 3. The number of thiazole rings is 1. The molecule has 2 aromatic heterocycles. The molecule has 0 radical (unpaired) electrons. The molecule has 1 amide bonds. The summed E-state index contributed by atoms with van der Waals surface area (Å²) >= 11 is 2.90. The second kappa shape index (κ2) is 9.23. The van der Waals surface area contributed by atoms with Crippen LogP contribution in [0.2, 0.25) is 0 Å². The third-order valence-electron chi connectivity index (χ3n) is 3.56. The van der Waals surface area contributed by atoms with Gasteiger partial charge in [-0.3, -0.25) is 9.69 Å². The van der Waals surface area contributed by atoms with Crippen molar-refractivity contribution >= 4 is 62.4 Å². The van der Waals surface area contributed by atoms with E-state index in [0.29, 0.717) is 23.7 Å². The number of anilines is 1. The average Bonchev–Trinajstić information content (AvgIpc) is 3.22. The molecule has 3 aromatic rings. The normalized spacial score (nSPS) is 11.2. The molecule has 0 saturated heterocycles. The van der Waals surface area contributed by atoms with E-state index in [0.717, 1.165) is 9.58 Å². The lowest BCUT2D eigenvalue weighted by molar-refractivity contribution is -0.114. The zero-order valence-corrected chi connectivity index (χ0v) is 16.8. The highest BCUT2D eigenvalue weighted by Crippen LogP contribution is 2.30. The number of hydrogen-bond acceptors (Lipinski definition) is 5. The van der Waals surface area contributed by atoms with E-state index in [9.17, 15) is 9.18 Å². The van der Waals surface area contributed by atoms with E-state index >= 15 is 0 Å². The summed E-state index contributed by atoms with van der Waals surface area (Å²) < 4.78 is 14.7. The molecule has 0 atom stereocenters. The summed E-state index contributed by atoms with van der Waals surface area (Å²) in [6.45, 7) is 1.18. The predicted octanol–water partition coefficient (Wildman–Crippen LogP) is 4.53. The summed E-state index contributed by atoms with van der Waals surface area (Å²) in [7, 11) is 3.89. The maximum Gasteiger partial charge on any atom is 0.252 e. The van der Waals surface area contributed by atoms with Crippen LogP contribution in [0.25, 0.3) is 16.3 Å². The number of carbonyl (C=O) groups is 1. The number of fused-ring (bicyclic) bond motifs is 1. The number of halogens is 2. The summed E-state index contributed by atoms with van der Waals surface area (Å²) in [5, 5.41) is 2.48. The number of amides is 1. The van der Waals surface area contributed by atoms with Gasteiger partial charge in [0.15, 0.2) is 5.13 Å². The van der Waals surface area contributed by atoms with Crippen molar-refractivity contribution in [1.82, 2.24) is 9.88 Å². The summed E-state index contributed by atoms with van der Waals surface area (Å²) in [5.41, 5.74) is 0.312. The number of benzene rings is 1. The van der Waals surface area contributed by atoms with Gasteiger partial charge in [0.25, 0.3) is 5.91 Å². The minimum Gasteiger partial charge on any atom is -0.308 e. The fourth-order valence-electron chi connectivity index (χ4n) is 2.25. The number of rotatable bonds is 6. The number of likely N-dealkylation sites (N-methyl/N-ethyl adjacent to an activating group) is 1. The van der Waals surface area contributed by atoms with E-state index < -0.39 is 0 Å². The van der Waals surface area contributed by atoms with Gasteiger partial charge in [0.2, 0.25) is 0 Å². The Kier molecular flexibility index (Phi) is 7.28. The Bertz CT molecular complexity index is 893. The summed E-state index contributed by atoms with van der Waals surface area (Å²) in [5.74, 6) is -0.524. The molecule has 3 rings (SSSR count). The number of aromatic nitrogens is 1. The second-order valence-corrected chi connectivity index (χ2v) is 7.71. The van der Waals surface area contributed by atoms with Crippen LogP contribution < -0.4 is 4.90 Å². The fraction of sp³-hybridized carbons (Fsp3) is 0.222. The molecule has 4 nitrogen and oxygen atoms in total. The molecule has 0 fully saturated rings. The lowest BCUT2D eigenvalue weighted by atomic mass is 10.3. The minimum absolute atomic E-state index is 0. The highest BCUT2D eigenvalue weighted by atomic mass is 35.5. The van der Waals surface area contributed by atoms with Crippen LogP contribution in [0.1, 0.15) is 4.88 Å². The van der Waals surface area contributed by atoms with E-state index in [1.165, 1.54) is 17.4 Å². The van der Waals surface area contributed by atoms with Gasteiger partial charge in [0, 0.05) is 24.0 Å². The third-order valence-corrected chi connectivity index (χ3v) is 5.44. The van der Waals surface area contributed by atoms with Crippen LogP contribution in [0.3, 0.4) is 0 Å². The molecule has 0 N–H and O–H groups in total. The topological polar surface area (TPSA) is 36.4 Å². The molecule has 0 aliphatic carbocycles. The predicted molar refractivity (Wildman–Crippen MR) is 111 cm³/mol. The van der Waals surface area contributed by atoms with E-state index in [4.69, 9.17) is 0 Å². The van der Waals surface area contributed by atoms with Crippen molar-refractivity contribution in [2.45, 2.75) is 0 Å². The minimum atomic E-state index is -0.367. The molecule has 8 heteroatoms. The number of carbonyl (C=O) groups excluding carboxylic acids is 1. The molecule has 0 saturated carbocycles. The first kappa shape index (κ1) is 20.5. The quantitative estimate of drug-likeness (QED) is 0.559. The molecule has 0 bridgehead atoms. The van der Waals surface area contributed by atoms with Crippen molar-refractivity contribution < 1.29 is 9.18 Å². The van der Waals surface area contributed by atoms with Crippen molar-refractivity contribution in [2.24, 2.45) is 0 Å². The van der Waals surface area contributed by atoms with Crippen LogP contribution >= 0.6 is 35.1 Å². The van der Waals surface area contributed by atoms with Gasteiger partial charge in [-0.1, -0.05) is 23.5 Å². The summed E-state index contributed by atoms with van der Waals surface area (Å²) in [4.78, 5) is 21.7. The zero-order valence-electron chi connectivity index (χ0n) is 14.4. The van der Waals surface area contributed by atoms with Crippen molar-refractivity contribution in [3.05, 3.63) is 52.5 Å². The molecule has 0 unspecified atom stereocenters. The smallest absolute Gasteiger partial charge is 0.252 e. The monoisotopic (exact) mass is 411 g/mol. The van der Waals surface area contributed by atoms with Crippen LogP contribution in [-0.2, 0) is 4.79 Å². The van der Waals surface area contributed by atoms with Crippen LogP contribution in [0, 0.1) is 5.82 Å². The van der Waals surface area contributed by atoms with Gasteiger partial charge in [-0.25, -0.2) is 9.37 Å². The van der Waals surface area contributed by atoms with Gasteiger partial charge in [-0.15, -0.1) is 23.7 Å². The highest BCUT2D eigenvalue weighted by molar-refractivity contribution is 7.22. The van der Waals surface area contributed by atoms with Crippen LogP contribution in [0.4, 0.5) is 9.52 Å². The van der Waals surface area contributed by atoms with E-state index in [1.54, 1.807) is 34.5 Å². The molecular weight excluding hydrogens is 393 g/mol. The molecule has 1 aromatic carbocycles. The van der Waals surface area contributed by atoms with Crippen LogP contribution in [-0.4, -0.2) is 43.0 Å². The van der Waals surface area contributed by atoms with Gasteiger partial charge in [-0.05, 0) is 43.8 Å². The van der Waals surface area contributed by atoms with Crippen LogP contribution in [0.5, 0.6) is 0 Å². The lowest BCUT2D eigenvalue weighted by Crippen LogP contribution is -2.35. The first-order chi connectivity index (χ1) is 12.0. The Balaban J connectivity index is 0.00000243.